The van der Waals surface area contributed by atoms with E-state index < -0.39 is 18.1 Å². The number of anilines is 2. The van der Waals surface area contributed by atoms with Gasteiger partial charge in [-0.2, -0.15) is 0 Å². The number of benzene rings is 3. The number of hydroxylamine groups is 1. The maximum absolute atomic E-state index is 13.6. The van der Waals surface area contributed by atoms with Gasteiger partial charge < -0.3 is 4.74 Å². The first-order valence-corrected chi connectivity index (χ1v) is 10.8. The van der Waals surface area contributed by atoms with Crippen LogP contribution < -0.4 is 14.7 Å². The number of carbonyl (C=O) groups excluding carboxylic acids is 2. The maximum atomic E-state index is 13.6. The molecule has 5 rings (SSSR count). The van der Waals surface area contributed by atoms with Crippen molar-refractivity contribution in [1.82, 2.24) is 0 Å². The molecule has 6 heteroatoms. The van der Waals surface area contributed by atoms with Crippen LogP contribution in [0.1, 0.15) is 24.1 Å². The number of ether oxygens (including phenoxy) is 1. The van der Waals surface area contributed by atoms with Crippen LogP contribution >= 0.6 is 0 Å². The Kier molecular flexibility index (Phi) is 5.15. The van der Waals surface area contributed by atoms with E-state index in [1.54, 1.807) is 29.3 Å². The normalized spacial score (nSPS) is 22.4. The molecule has 162 valence electrons. The van der Waals surface area contributed by atoms with Crippen molar-refractivity contribution in [2.45, 2.75) is 26.0 Å². The topological polar surface area (TPSA) is 59.1 Å². The van der Waals surface area contributed by atoms with Crippen LogP contribution in [0.3, 0.4) is 0 Å². The summed E-state index contributed by atoms with van der Waals surface area (Å²) in [5, 5.41) is 1.71. The Morgan fingerprint density at radius 1 is 0.844 bits per heavy atom. The second-order valence-corrected chi connectivity index (χ2v) is 8.01. The Hall–Kier alpha value is -3.64. The molecular weight excluding hydrogens is 404 g/mol. The highest BCUT2D eigenvalue weighted by molar-refractivity contribution is 6.23. The maximum Gasteiger partial charge on any atom is 0.266 e. The second kappa shape index (κ2) is 8.13. The Morgan fingerprint density at radius 2 is 1.53 bits per heavy atom. The van der Waals surface area contributed by atoms with Gasteiger partial charge in [0, 0.05) is 0 Å². The molecule has 2 aliphatic heterocycles. The second-order valence-electron chi connectivity index (χ2n) is 8.01. The van der Waals surface area contributed by atoms with Gasteiger partial charge in [0.2, 0.25) is 5.91 Å². The fraction of sp³-hybridized carbons (Fsp3) is 0.231. The summed E-state index contributed by atoms with van der Waals surface area (Å²) in [5.41, 5.74) is 3.39. The zero-order valence-electron chi connectivity index (χ0n) is 18.0. The summed E-state index contributed by atoms with van der Waals surface area (Å²) in [6.07, 6.45) is -0.874. The van der Waals surface area contributed by atoms with Gasteiger partial charge in [-0.05, 0) is 55.8 Å². The standard InChI is InChI=1S/C26H24N2O4/c1-3-31-21-15-13-19(14-16-21)27-25(29)22-23(18-11-9-17(2)10-12-18)28(32-24(22)26(27)30)20-7-5-4-6-8-20/h4-16,22-24H,3H2,1-2H3. The third kappa shape index (κ3) is 3.33. The smallest absolute Gasteiger partial charge is 0.266 e. The largest absolute Gasteiger partial charge is 0.494 e. The van der Waals surface area contributed by atoms with Crippen LogP contribution in [-0.4, -0.2) is 24.5 Å². The number of hydrogen-bond donors (Lipinski definition) is 0. The first-order chi connectivity index (χ1) is 15.6. The van der Waals surface area contributed by atoms with Gasteiger partial charge in [-0.15, -0.1) is 0 Å². The molecule has 3 unspecified atom stereocenters. The molecule has 0 saturated carbocycles. The number of aryl methyl sites for hydroxylation is 1. The molecule has 3 atom stereocenters. The lowest BCUT2D eigenvalue weighted by Gasteiger charge is -2.28. The molecule has 2 saturated heterocycles. The van der Waals surface area contributed by atoms with Crippen LogP contribution in [0.4, 0.5) is 11.4 Å². The monoisotopic (exact) mass is 428 g/mol. The minimum atomic E-state index is -0.874. The summed E-state index contributed by atoms with van der Waals surface area (Å²) in [6.45, 7) is 4.47. The molecule has 0 spiro atoms. The Labute approximate surface area is 186 Å². The summed E-state index contributed by atoms with van der Waals surface area (Å²) in [4.78, 5) is 34.3. The lowest BCUT2D eigenvalue weighted by Crippen LogP contribution is -2.37. The van der Waals surface area contributed by atoms with Crippen molar-refractivity contribution in [3.8, 4) is 5.75 Å². The van der Waals surface area contributed by atoms with Gasteiger partial charge in [0.15, 0.2) is 6.10 Å². The molecule has 3 aromatic carbocycles. The van der Waals surface area contributed by atoms with E-state index in [0.29, 0.717) is 18.0 Å². The predicted octanol–water partition coefficient (Wildman–Crippen LogP) is 4.44. The van der Waals surface area contributed by atoms with Crippen LogP contribution in [0.25, 0.3) is 0 Å². The average Bonchev–Trinajstić information content (AvgIpc) is 3.32. The fourth-order valence-electron chi connectivity index (χ4n) is 4.43. The van der Waals surface area contributed by atoms with Gasteiger partial charge >= 0.3 is 0 Å². The number of amides is 2. The highest BCUT2D eigenvalue weighted by Gasteiger charge is 2.60. The van der Waals surface area contributed by atoms with Crippen molar-refractivity contribution in [2.75, 3.05) is 16.6 Å². The molecule has 32 heavy (non-hydrogen) atoms. The molecule has 3 aromatic rings. The SMILES string of the molecule is CCOc1ccc(N2C(=O)C3ON(c4ccccc4)C(c4ccc(C)cc4)C3C2=O)cc1. The quantitative estimate of drug-likeness (QED) is 0.562. The third-order valence-corrected chi connectivity index (χ3v) is 5.95. The third-order valence-electron chi connectivity index (χ3n) is 5.95. The first-order valence-electron chi connectivity index (χ1n) is 10.8. The minimum absolute atomic E-state index is 0.256. The molecule has 2 heterocycles. The Morgan fingerprint density at radius 3 is 2.19 bits per heavy atom. The minimum Gasteiger partial charge on any atom is -0.494 e. The van der Waals surface area contributed by atoms with Gasteiger partial charge in [0.05, 0.1) is 24.0 Å². The van der Waals surface area contributed by atoms with E-state index in [0.717, 1.165) is 16.8 Å². The number of para-hydroxylation sites is 1. The van der Waals surface area contributed by atoms with Crippen LogP contribution in [0.2, 0.25) is 0 Å². The van der Waals surface area contributed by atoms with E-state index in [-0.39, 0.29) is 11.8 Å². The molecular formula is C26H24N2O4. The fourth-order valence-corrected chi connectivity index (χ4v) is 4.43. The molecule has 0 radical (unpaired) electrons. The molecule has 6 nitrogen and oxygen atoms in total. The summed E-state index contributed by atoms with van der Waals surface area (Å²) in [7, 11) is 0. The zero-order chi connectivity index (χ0) is 22.2. The number of carbonyl (C=O) groups is 2. The molecule has 2 aliphatic rings. The van der Waals surface area contributed by atoms with Crippen LogP contribution in [0.15, 0.2) is 78.9 Å². The van der Waals surface area contributed by atoms with Gasteiger partial charge in [-0.25, -0.2) is 9.96 Å². The Balaban J connectivity index is 1.53. The number of nitrogens with zero attached hydrogens (tertiary/aromatic N) is 2. The van der Waals surface area contributed by atoms with Crippen molar-refractivity contribution in [1.29, 1.82) is 0 Å². The van der Waals surface area contributed by atoms with E-state index in [4.69, 9.17) is 9.57 Å². The number of imide groups is 1. The first kappa shape index (κ1) is 20.3. The van der Waals surface area contributed by atoms with Gasteiger partial charge in [-0.3, -0.25) is 14.4 Å². The molecule has 2 amide bonds. The van der Waals surface area contributed by atoms with Gasteiger partial charge in [0.25, 0.3) is 5.91 Å². The molecule has 2 fully saturated rings. The van der Waals surface area contributed by atoms with Crippen molar-refractivity contribution in [3.05, 3.63) is 90.0 Å². The lowest BCUT2D eigenvalue weighted by atomic mass is 9.90. The number of rotatable bonds is 5. The molecule has 0 aliphatic carbocycles. The molecule has 0 aromatic heterocycles. The van der Waals surface area contributed by atoms with Crippen LogP contribution in [0.5, 0.6) is 5.75 Å². The van der Waals surface area contributed by atoms with E-state index in [1.807, 2.05) is 68.4 Å². The van der Waals surface area contributed by atoms with Gasteiger partial charge in [0.1, 0.15) is 11.7 Å². The van der Waals surface area contributed by atoms with E-state index in [9.17, 15) is 9.59 Å². The summed E-state index contributed by atoms with van der Waals surface area (Å²) in [5.74, 6) is -0.551. The molecule has 0 N–H and O–H groups in total. The van der Waals surface area contributed by atoms with Crippen molar-refractivity contribution < 1.29 is 19.2 Å². The van der Waals surface area contributed by atoms with Gasteiger partial charge in [-0.1, -0.05) is 48.0 Å². The van der Waals surface area contributed by atoms with Crippen molar-refractivity contribution >= 4 is 23.2 Å². The summed E-state index contributed by atoms with van der Waals surface area (Å²) < 4.78 is 5.48. The number of fused-ring (bicyclic) bond motifs is 1. The zero-order valence-corrected chi connectivity index (χ0v) is 18.0. The Bertz CT molecular complexity index is 1130. The summed E-state index contributed by atoms with van der Waals surface area (Å²) >= 11 is 0. The average molecular weight is 428 g/mol. The molecule has 0 bridgehead atoms. The van der Waals surface area contributed by atoms with E-state index >= 15 is 0 Å². The highest BCUT2D eigenvalue weighted by atomic mass is 16.7. The number of hydrogen-bond acceptors (Lipinski definition) is 5. The van der Waals surface area contributed by atoms with Crippen LogP contribution in [-0.2, 0) is 14.4 Å². The predicted molar refractivity (Wildman–Crippen MR) is 121 cm³/mol. The van der Waals surface area contributed by atoms with Crippen molar-refractivity contribution in [2.24, 2.45) is 5.92 Å². The van der Waals surface area contributed by atoms with Crippen molar-refractivity contribution in [3.63, 3.8) is 0 Å². The lowest BCUT2D eigenvalue weighted by molar-refractivity contribution is -0.126. The van der Waals surface area contributed by atoms with E-state index in [2.05, 4.69) is 0 Å². The van der Waals surface area contributed by atoms with E-state index in [1.165, 1.54) is 4.90 Å². The highest BCUT2D eigenvalue weighted by Crippen LogP contribution is 2.47. The van der Waals surface area contributed by atoms with Crippen LogP contribution in [0, 0.1) is 12.8 Å². The summed E-state index contributed by atoms with van der Waals surface area (Å²) in [6, 6.07) is 24.2.